The third kappa shape index (κ3) is 3.25. The Kier molecular flexibility index (Phi) is 3.70. The molecule has 0 atom stereocenters. The standard InChI is InChI=1S/C13H12FN3O2/c1-8-11(12(18)19)7-16-13(17-8)15-6-9-3-2-4-10(14)5-9/h2-5,7H,6H2,1H3,(H,18,19)(H,15,16,17). The average Bonchev–Trinajstić information content (AvgIpc) is 2.36. The number of carboxylic acid groups (broad SMARTS) is 1. The first kappa shape index (κ1) is 12.9. The van der Waals surface area contributed by atoms with Crippen molar-refractivity contribution in [2.75, 3.05) is 5.32 Å². The van der Waals surface area contributed by atoms with Gasteiger partial charge in [0.25, 0.3) is 0 Å². The van der Waals surface area contributed by atoms with Gasteiger partial charge in [0, 0.05) is 12.7 Å². The van der Waals surface area contributed by atoms with Crippen LogP contribution in [0.4, 0.5) is 10.3 Å². The molecule has 1 aromatic heterocycles. The second-order valence-electron chi connectivity index (χ2n) is 3.98. The maximum Gasteiger partial charge on any atom is 0.339 e. The van der Waals surface area contributed by atoms with E-state index in [2.05, 4.69) is 15.3 Å². The highest BCUT2D eigenvalue weighted by atomic mass is 19.1. The zero-order valence-electron chi connectivity index (χ0n) is 10.2. The van der Waals surface area contributed by atoms with E-state index in [0.29, 0.717) is 18.2 Å². The van der Waals surface area contributed by atoms with Crippen molar-refractivity contribution in [2.24, 2.45) is 0 Å². The minimum Gasteiger partial charge on any atom is -0.478 e. The number of aromatic carboxylic acids is 1. The van der Waals surface area contributed by atoms with Crippen LogP contribution in [0.5, 0.6) is 0 Å². The van der Waals surface area contributed by atoms with Crippen LogP contribution >= 0.6 is 0 Å². The SMILES string of the molecule is Cc1nc(NCc2cccc(F)c2)ncc1C(=O)O. The van der Waals surface area contributed by atoms with Gasteiger partial charge in [0.05, 0.1) is 11.3 Å². The zero-order valence-corrected chi connectivity index (χ0v) is 10.2. The van der Waals surface area contributed by atoms with Crippen molar-refractivity contribution in [3.8, 4) is 0 Å². The number of hydrogen-bond acceptors (Lipinski definition) is 4. The molecule has 6 heteroatoms. The van der Waals surface area contributed by atoms with Gasteiger partial charge in [-0.25, -0.2) is 19.2 Å². The molecule has 0 spiro atoms. The minimum absolute atomic E-state index is 0.0660. The van der Waals surface area contributed by atoms with Crippen LogP contribution in [0, 0.1) is 12.7 Å². The lowest BCUT2D eigenvalue weighted by atomic mass is 10.2. The highest BCUT2D eigenvalue weighted by Crippen LogP contribution is 2.09. The van der Waals surface area contributed by atoms with Crippen LogP contribution in [0.2, 0.25) is 0 Å². The number of halogens is 1. The second-order valence-corrected chi connectivity index (χ2v) is 3.98. The van der Waals surface area contributed by atoms with Crippen LogP contribution in [-0.4, -0.2) is 21.0 Å². The Morgan fingerprint density at radius 1 is 1.47 bits per heavy atom. The normalized spacial score (nSPS) is 10.2. The quantitative estimate of drug-likeness (QED) is 0.882. The van der Waals surface area contributed by atoms with Gasteiger partial charge >= 0.3 is 5.97 Å². The van der Waals surface area contributed by atoms with Crippen LogP contribution in [0.25, 0.3) is 0 Å². The van der Waals surface area contributed by atoms with E-state index in [9.17, 15) is 9.18 Å². The molecular formula is C13H12FN3O2. The Morgan fingerprint density at radius 3 is 2.89 bits per heavy atom. The smallest absolute Gasteiger partial charge is 0.339 e. The van der Waals surface area contributed by atoms with Crippen LogP contribution < -0.4 is 5.32 Å². The summed E-state index contributed by atoms with van der Waals surface area (Å²) in [6, 6.07) is 6.16. The molecule has 0 radical (unpaired) electrons. The number of rotatable bonds is 4. The van der Waals surface area contributed by atoms with Gasteiger partial charge in [-0.2, -0.15) is 0 Å². The molecule has 19 heavy (non-hydrogen) atoms. The predicted octanol–water partition coefficient (Wildman–Crippen LogP) is 2.23. The number of benzene rings is 1. The lowest BCUT2D eigenvalue weighted by Gasteiger charge is -2.06. The molecule has 0 aliphatic heterocycles. The highest BCUT2D eigenvalue weighted by molar-refractivity contribution is 5.88. The number of anilines is 1. The van der Waals surface area contributed by atoms with Gasteiger partial charge in [-0.1, -0.05) is 12.1 Å². The fraction of sp³-hybridized carbons (Fsp3) is 0.154. The number of carboxylic acids is 1. The Balaban J connectivity index is 2.08. The molecular weight excluding hydrogens is 249 g/mol. The number of aromatic nitrogens is 2. The van der Waals surface area contributed by atoms with E-state index in [1.807, 2.05) is 0 Å². The third-order valence-electron chi connectivity index (χ3n) is 2.55. The average molecular weight is 261 g/mol. The summed E-state index contributed by atoms with van der Waals surface area (Å²) >= 11 is 0. The van der Waals surface area contributed by atoms with Crippen molar-refractivity contribution >= 4 is 11.9 Å². The number of nitrogens with one attached hydrogen (secondary N) is 1. The molecule has 0 fully saturated rings. The Bertz CT molecular complexity index is 617. The summed E-state index contributed by atoms with van der Waals surface area (Å²) < 4.78 is 13.0. The molecule has 0 aliphatic rings. The fourth-order valence-corrected chi connectivity index (χ4v) is 1.59. The minimum atomic E-state index is -1.06. The topological polar surface area (TPSA) is 75.1 Å². The lowest BCUT2D eigenvalue weighted by molar-refractivity contribution is 0.0695. The third-order valence-corrected chi connectivity index (χ3v) is 2.55. The summed E-state index contributed by atoms with van der Waals surface area (Å²) in [6.07, 6.45) is 1.25. The van der Waals surface area contributed by atoms with Crippen molar-refractivity contribution in [3.05, 3.63) is 53.1 Å². The summed E-state index contributed by atoms with van der Waals surface area (Å²) in [4.78, 5) is 18.7. The first-order valence-corrected chi connectivity index (χ1v) is 5.61. The van der Waals surface area contributed by atoms with Crippen LogP contribution in [0.1, 0.15) is 21.6 Å². The number of aryl methyl sites for hydroxylation is 1. The molecule has 1 heterocycles. The molecule has 0 amide bonds. The van der Waals surface area contributed by atoms with Crippen LogP contribution in [0.3, 0.4) is 0 Å². The Hall–Kier alpha value is -2.50. The molecule has 5 nitrogen and oxygen atoms in total. The molecule has 2 aromatic rings. The summed E-state index contributed by atoms with van der Waals surface area (Å²) in [5.74, 6) is -1.06. The summed E-state index contributed by atoms with van der Waals surface area (Å²) in [5.41, 5.74) is 1.20. The van der Waals surface area contributed by atoms with E-state index >= 15 is 0 Å². The highest BCUT2D eigenvalue weighted by Gasteiger charge is 2.09. The molecule has 0 aliphatic carbocycles. The van der Waals surface area contributed by atoms with E-state index < -0.39 is 5.97 Å². The molecule has 98 valence electrons. The maximum absolute atomic E-state index is 13.0. The molecule has 0 unspecified atom stereocenters. The van der Waals surface area contributed by atoms with E-state index in [-0.39, 0.29) is 11.4 Å². The Labute approximate surface area is 109 Å². The van der Waals surface area contributed by atoms with Gasteiger partial charge in [0.15, 0.2) is 0 Å². The summed E-state index contributed by atoms with van der Waals surface area (Å²) in [6.45, 7) is 1.96. The van der Waals surface area contributed by atoms with Gasteiger partial charge in [-0.15, -0.1) is 0 Å². The summed E-state index contributed by atoms with van der Waals surface area (Å²) in [5, 5.41) is 11.8. The van der Waals surface area contributed by atoms with Gasteiger partial charge < -0.3 is 10.4 Å². The molecule has 1 aromatic carbocycles. The Morgan fingerprint density at radius 2 is 2.26 bits per heavy atom. The molecule has 0 saturated heterocycles. The second kappa shape index (κ2) is 5.43. The fourth-order valence-electron chi connectivity index (χ4n) is 1.59. The predicted molar refractivity (Wildman–Crippen MR) is 67.5 cm³/mol. The van der Waals surface area contributed by atoms with E-state index in [4.69, 9.17) is 5.11 Å². The zero-order chi connectivity index (χ0) is 13.8. The van der Waals surface area contributed by atoms with Crippen molar-refractivity contribution in [1.29, 1.82) is 0 Å². The van der Waals surface area contributed by atoms with Crippen molar-refractivity contribution in [1.82, 2.24) is 9.97 Å². The number of carbonyl (C=O) groups is 1. The molecule has 0 bridgehead atoms. The van der Waals surface area contributed by atoms with E-state index in [1.165, 1.54) is 18.3 Å². The van der Waals surface area contributed by atoms with Gasteiger partial charge in [0.2, 0.25) is 5.95 Å². The molecule has 2 N–H and O–H groups in total. The van der Waals surface area contributed by atoms with Crippen molar-refractivity contribution in [2.45, 2.75) is 13.5 Å². The first-order chi connectivity index (χ1) is 9.06. The van der Waals surface area contributed by atoms with Crippen LogP contribution in [0.15, 0.2) is 30.5 Å². The first-order valence-electron chi connectivity index (χ1n) is 5.61. The van der Waals surface area contributed by atoms with Crippen LogP contribution in [-0.2, 0) is 6.54 Å². The largest absolute Gasteiger partial charge is 0.478 e. The van der Waals surface area contributed by atoms with Gasteiger partial charge in [-0.05, 0) is 24.6 Å². The van der Waals surface area contributed by atoms with E-state index in [1.54, 1.807) is 19.1 Å². The maximum atomic E-state index is 13.0. The monoisotopic (exact) mass is 261 g/mol. The summed E-state index contributed by atoms with van der Waals surface area (Å²) in [7, 11) is 0. The number of nitrogens with zero attached hydrogens (tertiary/aromatic N) is 2. The van der Waals surface area contributed by atoms with Gasteiger partial charge in [-0.3, -0.25) is 0 Å². The number of hydrogen-bond donors (Lipinski definition) is 2. The van der Waals surface area contributed by atoms with Gasteiger partial charge in [0.1, 0.15) is 5.82 Å². The van der Waals surface area contributed by atoms with Crippen molar-refractivity contribution < 1.29 is 14.3 Å². The molecule has 2 rings (SSSR count). The van der Waals surface area contributed by atoms with E-state index in [0.717, 1.165) is 5.56 Å². The lowest BCUT2D eigenvalue weighted by Crippen LogP contribution is -2.08. The van der Waals surface area contributed by atoms with Crippen molar-refractivity contribution in [3.63, 3.8) is 0 Å². The molecule has 0 saturated carbocycles.